The average molecular weight is 379 g/mol. The SMILES string of the molecule is O=C(O)[C@H]1CN(C(=O)c2occc2CS(=O)(=O)c2ccccc2)CCO1. The number of amides is 1. The molecule has 1 atom stereocenters. The maximum atomic E-state index is 12.7. The van der Waals surface area contributed by atoms with Crippen LogP contribution in [-0.4, -0.2) is 56.1 Å². The van der Waals surface area contributed by atoms with Crippen molar-refractivity contribution in [3.05, 3.63) is 54.0 Å². The molecule has 26 heavy (non-hydrogen) atoms. The van der Waals surface area contributed by atoms with E-state index in [9.17, 15) is 18.0 Å². The molecule has 1 aromatic heterocycles. The van der Waals surface area contributed by atoms with Gasteiger partial charge < -0.3 is 19.2 Å². The highest BCUT2D eigenvalue weighted by molar-refractivity contribution is 7.90. The van der Waals surface area contributed by atoms with Gasteiger partial charge >= 0.3 is 5.97 Å². The minimum atomic E-state index is -3.64. The number of nitrogens with zero attached hydrogens (tertiary/aromatic N) is 1. The van der Waals surface area contributed by atoms with E-state index in [1.807, 2.05) is 0 Å². The Morgan fingerprint density at radius 3 is 2.62 bits per heavy atom. The van der Waals surface area contributed by atoms with E-state index in [4.69, 9.17) is 14.3 Å². The molecule has 2 heterocycles. The molecule has 0 unspecified atom stereocenters. The number of hydrogen-bond acceptors (Lipinski definition) is 6. The van der Waals surface area contributed by atoms with Gasteiger partial charge in [0.1, 0.15) is 0 Å². The summed E-state index contributed by atoms with van der Waals surface area (Å²) in [6, 6.07) is 9.35. The van der Waals surface area contributed by atoms with Crippen molar-refractivity contribution < 1.29 is 32.3 Å². The summed E-state index contributed by atoms with van der Waals surface area (Å²) in [4.78, 5) is 25.2. The predicted molar refractivity (Wildman–Crippen MR) is 89.3 cm³/mol. The lowest BCUT2D eigenvalue weighted by Crippen LogP contribution is -2.48. The maximum Gasteiger partial charge on any atom is 0.334 e. The largest absolute Gasteiger partial charge is 0.479 e. The van der Waals surface area contributed by atoms with E-state index in [2.05, 4.69) is 0 Å². The molecule has 0 radical (unpaired) electrons. The van der Waals surface area contributed by atoms with Crippen LogP contribution in [0.25, 0.3) is 0 Å². The second kappa shape index (κ2) is 7.30. The lowest BCUT2D eigenvalue weighted by Gasteiger charge is -2.30. The number of carboxylic acid groups (broad SMARTS) is 1. The summed E-state index contributed by atoms with van der Waals surface area (Å²) < 4.78 is 35.4. The molecular formula is C17H17NO7S. The molecule has 0 bridgehead atoms. The van der Waals surface area contributed by atoms with Crippen molar-refractivity contribution in [2.24, 2.45) is 0 Å². The van der Waals surface area contributed by atoms with E-state index in [1.54, 1.807) is 18.2 Å². The van der Waals surface area contributed by atoms with Gasteiger partial charge in [0.15, 0.2) is 21.7 Å². The van der Waals surface area contributed by atoms with Crippen LogP contribution in [0.15, 0.2) is 52.0 Å². The molecule has 3 rings (SSSR count). The van der Waals surface area contributed by atoms with Crippen molar-refractivity contribution in [1.29, 1.82) is 0 Å². The van der Waals surface area contributed by atoms with E-state index in [1.165, 1.54) is 29.4 Å². The molecule has 9 heteroatoms. The molecule has 0 saturated carbocycles. The summed E-state index contributed by atoms with van der Waals surface area (Å²) in [5.41, 5.74) is 0.234. The summed E-state index contributed by atoms with van der Waals surface area (Å²) in [5.74, 6) is -2.20. The fourth-order valence-electron chi connectivity index (χ4n) is 2.68. The van der Waals surface area contributed by atoms with Crippen LogP contribution in [0.1, 0.15) is 16.1 Å². The van der Waals surface area contributed by atoms with Crippen molar-refractivity contribution in [2.45, 2.75) is 16.8 Å². The minimum Gasteiger partial charge on any atom is -0.479 e. The zero-order valence-corrected chi connectivity index (χ0v) is 14.5. The Balaban J connectivity index is 1.80. The van der Waals surface area contributed by atoms with Crippen molar-refractivity contribution in [3.63, 3.8) is 0 Å². The van der Waals surface area contributed by atoms with Crippen molar-refractivity contribution in [2.75, 3.05) is 19.7 Å². The van der Waals surface area contributed by atoms with Gasteiger partial charge in [0.25, 0.3) is 5.91 Å². The van der Waals surface area contributed by atoms with Gasteiger partial charge in [-0.15, -0.1) is 0 Å². The highest BCUT2D eigenvalue weighted by atomic mass is 32.2. The minimum absolute atomic E-state index is 0.0844. The second-order valence-electron chi connectivity index (χ2n) is 5.80. The molecule has 2 aromatic rings. The molecule has 1 amide bonds. The Morgan fingerprint density at radius 1 is 1.19 bits per heavy atom. The van der Waals surface area contributed by atoms with Gasteiger partial charge in [-0.1, -0.05) is 18.2 Å². The van der Waals surface area contributed by atoms with Gasteiger partial charge in [0, 0.05) is 12.1 Å². The fraction of sp³-hybridized carbons (Fsp3) is 0.294. The van der Waals surface area contributed by atoms with E-state index >= 15 is 0 Å². The van der Waals surface area contributed by atoms with Crippen molar-refractivity contribution >= 4 is 21.7 Å². The summed E-state index contributed by atoms with van der Waals surface area (Å²) in [6.45, 7) is 0.162. The van der Waals surface area contributed by atoms with Gasteiger partial charge in [0.2, 0.25) is 0 Å². The number of ether oxygens (including phenoxy) is 1. The number of hydrogen-bond donors (Lipinski definition) is 1. The normalized spacial score (nSPS) is 17.8. The number of aliphatic carboxylic acids is 1. The molecule has 1 saturated heterocycles. The number of carbonyl (C=O) groups excluding carboxylic acids is 1. The Morgan fingerprint density at radius 2 is 1.92 bits per heavy atom. The van der Waals surface area contributed by atoms with Crippen LogP contribution in [-0.2, 0) is 25.1 Å². The number of rotatable bonds is 5. The molecule has 0 aliphatic carbocycles. The maximum absolute atomic E-state index is 12.7. The topological polar surface area (TPSA) is 114 Å². The first kappa shape index (κ1) is 18.2. The first-order chi connectivity index (χ1) is 12.4. The monoisotopic (exact) mass is 379 g/mol. The zero-order valence-electron chi connectivity index (χ0n) is 13.7. The van der Waals surface area contributed by atoms with Crippen LogP contribution >= 0.6 is 0 Å². The lowest BCUT2D eigenvalue weighted by molar-refractivity contribution is -0.154. The van der Waals surface area contributed by atoms with Gasteiger partial charge in [0.05, 0.1) is 30.1 Å². The highest BCUT2D eigenvalue weighted by Crippen LogP contribution is 2.22. The zero-order chi connectivity index (χ0) is 18.7. The van der Waals surface area contributed by atoms with Crippen LogP contribution in [0.3, 0.4) is 0 Å². The molecule has 8 nitrogen and oxygen atoms in total. The quantitative estimate of drug-likeness (QED) is 0.829. The average Bonchev–Trinajstić information content (AvgIpc) is 3.09. The summed E-state index contributed by atoms with van der Waals surface area (Å²) in [5, 5.41) is 9.04. The third-order valence-electron chi connectivity index (χ3n) is 4.02. The van der Waals surface area contributed by atoms with Crippen LogP contribution in [0, 0.1) is 0 Å². The van der Waals surface area contributed by atoms with Gasteiger partial charge in [-0.3, -0.25) is 4.79 Å². The predicted octanol–water partition coefficient (Wildman–Crippen LogP) is 1.18. The fourth-order valence-corrected chi connectivity index (χ4v) is 4.05. The molecule has 1 aliphatic heterocycles. The van der Waals surface area contributed by atoms with Gasteiger partial charge in [-0.25, -0.2) is 13.2 Å². The summed E-state index contributed by atoms with van der Waals surface area (Å²) in [7, 11) is -3.64. The van der Waals surface area contributed by atoms with E-state index in [0.717, 1.165) is 0 Å². The molecule has 0 spiro atoms. The second-order valence-corrected chi connectivity index (χ2v) is 7.79. The number of carboxylic acids is 1. The summed E-state index contributed by atoms with van der Waals surface area (Å²) in [6.07, 6.45) is 0.136. The van der Waals surface area contributed by atoms with Crippen molar-refractivity contribution in [3.8, 4) is 0 Å². The molecular weight excluding hydrogens is 362 g/mol. The molecule has 1 aromatic carbocycles. The Kier molecular flexibility index (Phi) is 5.10. The van der Waals surface area contributed by atoms with Crippen LogP contribution < -0.4 is 0 Å². The van der Waals surface area contributed by atoms with Crippen LogP contribution in [0.5, 0.6) is 0 Å². The molecule has 1 fully saturated rings. The number of carbonyl (C=O) groups is 2. The Labute approximate surface area is 149 Å². The van der Waals surface area contributed by atoms with Gasteiger partial charge in [-0.05, 0) is 18.2 Å². The Hall–Kier alpha value is -2.65. The number of morpholine rings is 1. The third kappa shape index (κ3) is 3.78. The summed E-state index contributed by atoms with van der Waals surface area (Å²) >= 11 is 0. The first-order valence-electron chi connectivity index (χ1n) is 7.86. The molecule has 138 valence electrons. The number of sulfone groups is 1. The Bertz CT molecular complexity index is 904. The van der Waals surface area contributed by atoms with Gasteiger partial charge in [-0.2, -0.15) is 0 Å². The van der Waals surface area contributed by atoms with E-state index < -0.39 is 27.8 Å². The third-order valence-corrected chi connectivity index (χ3v) is 5.70. The van der Waals surface area contributed by atoms with E-state index in [-0.39, 0.29) is 41.7 Å². The smallest absolute Gasteiger partial charge is 0.334 e. The number of benzene rings is 1. The highest BCUT2D eigenvalue weighted by Gasteiger charge is 2.32. The van der Waals surface area contributed by atoms with Crippen LogP contribution in [0.2, 0.25) is 0 Å². The standard InChI is InChI=1S/C17H17NO7S/c19-16(18-7-9-24-14(10-18)17(20)21)15-12(6-8-25-15)11-26(22,23)13-4-2-1-3-5-13/h1-6,8,14H,7,9-11H2,(H,20,21)/t14-/m1/s1. The molecule has 1 aliphatic rings. The number of furan rings is 1. The van der Waals surface area contributed by atoms with Crippen LogP contribution in [0.4, 0.5) is 0 Å². The van der Waals surface area contributed by atoms with E-state index in [0.29, 0.717) is 0 Å². The van der Waals surface area contributed by atoms with Crippen molar-refractivity contribution in [1.82, 2.24) is 4.90 Å². The molecule has 1 N–H and O–H groups in total. The lowest BCUT2D eigenvalue weighted by atomic mass is 10.2. The first-order valence-corrected chi connectivity index (χ1v) is 9.51.